The van der Waals surface area contributed by atoms with Crippen LogP contribution in [0.4, 0.5) is 5.95 Å². The molecule has 0 saturated carbocycles. The van der Waals surface area contributed by atoms with Crippen LogP contribution in [0.25, 0.3) is 0 Å². The molecule has 1 rings (SSSR count). The summed E-state index contributed by atoms with van der Waals surface area (Å²) in [7, 11) is 3.63. The van der Waals surface area contributed by atoms with Gasteiger partial charge in [-0.2, -0.15) is 0 Å². The van der Waals surface area contributed by atoms with Crippen molar-refractivity contribution in [2.75, 3.05) is 32.2 Å². The van der Waals surface area contributed by atoms with Crippen LogP contribution in [0.15, 0.2) is 12.4 Å². The van der Waals surface area contributed by atoms with Gasteiger partial charge in [-0.1, -0.05) is 15.9 Å². The first-order valence-corrected chi connectivity index (χ1v) is 5.47. The highest BCUT2D eigenvalue weighted by Gasteiger charge is 2.02. The van der Waals surface area contributed by atoms with Crippen LogP contribution >= 0.6 is 15.9 Å². The van der Waals surface area contributed by atoms with Gasteiger partial charge in [-0.15, -0.1) is 0 Å². The Morgan fingerprint density at radius 3 is 2.57 bits per heavy atom. The van der Waals surface area contributed by atoms with Crippen molar-refractivity contribution in [2.45, 2.75) is 5.33 Å². The zero-order valence-corrected chi connectivity index (χ0v) is 9.99. The molecule has 1 aromatic heterocycles. The first kappa shape index (κ1) is 11.4. The van der Waals surface area contributed by atoms with Crippen LogP contribution in [-0.2, 0) is 10.1 Å². The molecule has 0 radical (unpaired) electrons. The summed E-state index contributed by atoms with van der Waals surface area (Å²) in [6.45, 7) is 1.48. The molecule has 0 bridgehead atoms. The van der Waals surface area contributed by atoms with Crippen LogP contribution in [0.1, 0.15) is 5.56 Å². The minimum absolute atomic E-state index is 0.681. The molecule has 5 heteroatoms. The second-order valence-electron chi connectivity index (χ2n) is 2.94. The van der Waals surface area contributed by atoms with Crippen molar-refractivity contribution >= 4 is 21.9 Å². The van der Waals surface area contributed by atoms with Crippen LogP contribution in [0.2, 0.25) is 0 Å². The van der Waals surface area contributed by atoms with Gasteiger partial charge in [-0.25, -0.2) is 9.97 Å². The predicted octanol–water partition coefficient (Wildman–Crippen LogP) is 1.45. The molecule has 0 atom stereocenters. The van der Waals surface area contributed by atoms with Gasteiger partial charge < -0.3 is 9.64 Å². The van der Waals surface area contributed by atoms with E-state index >= 15 is 0 Å². The Morgan fingerprint density at radius 2 is 2.07 bits per heavy atom. The molecule has 0 amide bonds. The van der Waals surface area contributed by atoms with Crippen molar-refractivity contribution in [2.24, 2.45) is 0 Å². The summed E-state index contributed by atoms with van der Waals surface area (Å²) >= 11 is 3.35. The second-order valence-corrected chi connectivity index (χ2v) is 3.50. The molecule has 0 aromatic carbocycles. The first-order valence-electron chi connectivity index (χ1n) is 4.35. The summed E-state index contributed by atoms with van der Waals surface area (Å²) in [5, 5.41) is 0.787. The average molecular weight is 260 g/mol. The molecule has 78 valence electrons. The largest absolute Gasteiger partial charge is 0.383 e. The Hall–Kier alpha value is -0.680. The fourth-order valence-corrected chi connectivity index (χ4v) is 1.23. The number of aromatic nitrogens is 2. The van der Waals surface area contributed by atoms with Crippen molar-refractivity contribution in [1.82, 2.24) is 9.97 Å². The summed E-state index contributed by atoms with van der Waals surface area (Å²) in [6, 6.07) is 0. The van der Waals surface area contributed by atoms with Crippen molar-refractivity contribution in [3.8, 4) is 0 Å². The maximum atomic E-state index is 4.97. The van der Waals surface area contributed by atoms with E-state index in [-0.39, 0.29) is 0 Å². The Labute approximate surface area is 92.4 Å². The molecule has 0 unspecified atom stereocenters. The summed E-state index contributed by atoms with van der Waals surface area (Å²) < 4.78 is 4.97. The number of halogens is 1. The van der Waals surface area contributed by atoms with Crippen LogP contribution in [0.3, 0.4) is 0 Å². The predicted molar refractivity (Wildman–Crippen MR) is 59.8 cm³/mol. The molecule has 0 aliphatic carbocycles. The lowest BCUT2D eigenvalue weighted by molar-refractivity contribution is 0.206. The molecule has 0 aliphatic rings. The lowest BCUT2D eigenvalue weighted by atomic mass is 10.4. The van der Waals surface area contributed by atoms with Crippen molar-refractivity contribution in [1.29, 1.82) is 0 Å². The Bertz CT molecular complexity index is 265. The van der Waals surface area contributed by atoms with Gasteiger partial charge in [0.1, 0.15) is 0 Å². The maximum Gasteiger partial charge on any atom is 0.225 e. The molecule has 14 heavy (non-hydrogen) atoms. The number of nitrogens with zero attached hydrogens (tertiary/aromatic N) is 3. The highest BCUT2D eigenvalue weighted by atomic mass is 79.9. The minimum Gasteiger partial charge on any atom is -0.383 e. The van der Waals surface area contributed by atoms with Gasteiger partial charge >= 0.3 is 0 Å². The van der Waals surface area contributed by atoms with Crippen molar-refractivity contribution < 1.29 is 4.74 Å². The third-order valence-electron chi connectivity index (χ3n) is 1.82. The normalized spacial score (nSPS) is 10.2. The van der Waals surface area contributed by atoms with Gasteiger partial charge in [0.25, 0.3) is 0 Å². The summed E-state index contributed by atoms with van der Waals surface area (Å²) in [5.41, 5.74) is 1.08. The number of methoxy groups -OCH3 is 1. The van der Waals surface area contributed by atoms with Gasteiger partial charge in [0.15, 0.2) is 0 Å². The van der Waals surface area contributed by atoms with E-state index in [2.05, 4.69) is 25.9 Å². The smallest absolute Gasteiger partial charge is 0.225 e. The fourth-order valence-electron chi connectivity index (χ4n) is 0.942. The molecular weight excluding hydrogens is 246 g/mol. The number of hydrogen-bond acceptors (Lipinski definition) is 4. The SMILES string of the molecule is COCCN(C)c1ncc(CBr)cn1. The maximum absolute atomic E-state index is 4.97. The standard InChI is InChI=1S/C9H14BrN3O/c1-13(3-4-14-2)9-11-6-8(5-10)7-12-9/h6-7H,3-5H2,1-2H3. The van der Waals surface area contributed by atoms with E-state index in [0.29, 0.717) is 6.61 Å². The van der Waals surface area contributed by atoms with E-state index < -0.39 is 0 Å². The first-order chi connectivity index (χ1) is 6.77. The Balaban J connectivity index is 2.57. The molecule has 0 N–H and O–H groups in total. The number of anilines is 1. The number of rotatable bonds is 5. The number of alkyl halides is 1. The second kappa shape index (κ2) is 5.93. The number of ether oxygens (including phenoxy) is 1. The fraction of sp³-hybridized carbons (Fsp3) is 0.556. The molecular formula is C9H14BrN3O. The lowest BCUT2D eigenvalue weighted by Crippen LogP contribution is -2.24. The quantitative estimate of drug-likeness (QED) is 0.751. The highest BCUT2D eigenvalue weighted by molar-refractivity contribution is 9.08. The van der Waals surface area contributed by atoms with Gasteiger partial charge in [0.05, 0.1) is 6.61 Å². The molecule has 0 aliphatic heterocycles. The number of likely N-dealkylation sites (N-methyl/N-ethyl adjacent to an activating group) is 1. The van der Waals surface area contributed by atoms with E-state index in [9.17, 15) is 0 Å². The molecule has 1 heterocycles. The van der Waals surface area contributed by atoms with Crippen molar-refractivity contribution in [3.05, 3.63) is 18.0 Å². The van der Waals surface area contributed by atoms with Crippen molar-refractivity contribution in [3.63, 3.8) is 0 Å². The molecule has 0 fully saturated rings. The molecule has 0 saturated heterocycles. The third-order valence-corrected chi connectivity index (χ3v) is 2.47. The van der Waals surface area contributed by atoms with E-state index in [1.165, 1.54) is 0 Å². The minimum atomic E-state index is 0.681. The molecule has 4 nitrogen and oxygen atoms in total. The Kier molecular flexibility index (Phi) is 4.82. The number of hydrogen-bond donors (Lipinski definition) is 0. The van der Waals surface area contributed by atoms with Crippen LogP contribution in [-0.4, -0.2) is 37.3 Å². The topological polar surface area (TPSA) is 38.2 Å². The summed E-state index contributed by atoms with van der Waals surface area (Å²) in [4.78, 5) is 10.4. The lowest BCUT2D eigenvalue weighted by Gasteiger charge is -2.15. The summed E-state index contributed by atoms with van der Waals surface area (Å²) in [5.74, 6) is 0.728. The van der Waals surface area contributed by atoms with Crippen LogP contribution in [0.5, 0.6) is 0 Å². The summed E-state index contributed by atoms with van der Waals surface area (Å²) in [6.07, 6.45) is 3.64. The zero-order chi connectivity index (χ0) is 10.4. The van der Waals surface area contributed by atoms with Gasteiger partial charge in [0.2, 0.25) is 5.95 Å². The van der Waals surface area contributed by atoms with Crippen LogP contribution in [0, 0.1) is 0 Å². The average Bonchev–Trinajstić information content (AvgIpc) is 2.26. The highest BCUT2D eigenvalue weighted by Crippen LogP contribution is 2.06. The Morgan fingerprint density at radius 1 is 1.43 bits per heavy atom. The van der Waals surface area contributed by atoms with Gasteiger partial charge in [0, 0.05) is 38.4 Å². The molecule has 1 aromatic rings. The van der Waals surface area contributed by atoms with E-state index in [0.717, 1.165) is 23.4 Å². The van der Waals surface area contributed by atoms with E-state index in [1.54, 1.807) is 7.11 Å². The van der Waals surface area contributed by atoms with Gasteiger partial charge in [-0.3, -0.25) is 0 Å². The molecule has 0 spiro atoms. The van der Waals surface area contributed by atoms with Gasteiger partial charge in [-0.05, 0) is 5.56 Å². The third kappa shape index (κ3) is 3.23. The zero-order valence-electron chi connectivity index (χ0n) is 8.40. The van der Waals surface area contributed by atoms with E-state index in [4.69, 9.17) is 4.74 Å². The monoisotopic (exact) mass is 259 g/mol. The van der Waals surface area contributed by atoms with Crippen LogP contribution < -0.4 is 4.90 Å². The van der Waals surface area contributed by atoms with E-state index in [1.807, 2.05) is 24.3 Å².